The summed E-state index contributed by atoms with van der Waals surface area (Å²) in [6, 6.07) is 21.0. The average molecular weight is 318 g/mol. The lowest BCUT2D eigenvalue weighted by Gasteiger charge is -2.35. The summed E-state index contributed by atoms with van der Waals surface area (Å²) in [7, 11) is 4.27. The minimum Gasteiger partial charge on any atom is -0.377 e. The van der Waals surface area contributed by atoms with Crippen molar-refractivity contribution in [3.8, 4) is 0 Å². The molecule has 0 amide bonds. The van der Waals surface area contributed by atoms with Crippen molar-refractivity contribution in [2.24, 2.45) is 0 Å². The number of para-hydroxylation sites is 1. The van der Waals surface area contributed by atoms with E-state index in [0.29, 0.717) is 12.1 Å². The van der Waals surface area contributed by atoms with Crippen LogP contribution in [0.5, 0.6) is 0 Å². The van der Waals surface area contributed by atoms with Gasteiger partial charge in [-0.25, -0.2) is 0 Å². The molecule has 124 valence electrons. The lowest BCUT2D eigenvalue weighted by molar-refractivity contribution is 0.203. The molecule has 2 aromatic rings. The summed E-state index contributed by atoms with van der Waals surface area (Å²) in [6.07, 6.45) is 6.33. The summed E-state index contributed by atoms with van der Waals surface area (Å²) in [4.78, 5) is 4.94. The van der Waals surface area contributed by atoms with E-state index in [2.05, 4.69) is 84.6 Å². The number of fused-ring (bicyclic) bond motifs is 2. The van der Waals surface area contributed by atoms with Crippen molar-refractivity contribution < 1.29 is 0 Å². The largest absolute Gasteiger partial charge is 0.377 e. The second-order valence-electron chi connectivity index (χ2n) is 7.26. The third kappa shape index (κ3) is 2.87. The lowest BCUT2D eigenvalue weighted by Crippen LogP contribution is -2.37. The molecule has 2 aliphatic heterocycles. The molecule has 2 nitrogen and oxygen atoms in total. The van der Waals surface area contributed by atoms with Gasteiger partial charge >= 0.3 is 0 Å². The van der Waals surface area contributed by atoms with Crippen molar-refractivity contribution in [1.29, 1.82) is 0 Å². The van der Waals surface area contributed by atoms with Crippen LogP contribution >= 0.6 is 0 Å². The highest BCUT2D eigenvalue weighted by Gasteiger charge is 2.36. The Hall–Kier alpha value is -2.06. The molecular weight excluding hydrogens is 292 g/mol. The van der Waals surface area contributed by atoms with Gasteiger partial charge < -0.3 is 4.90 Å². The highest BCUT2D eigenvalue weighted by Crippen LogP contribution is 2.41. The maximum Gasteiger partial charge on any atom is 0.0437 e. The molecule has 0 radical (unpaired) electrons. The van der Waals surface area contributed by atoms with E-state index in [9.17, 15) is 0 Å². The maximum atomic E-state index is 2.71. The molecule has 1 fully saturated rings. The molecule has 2 unspecified atom stereocenters. The second kappa shape index (κ2) is 6.45. The molecule has 0 spiro atoms. The number of hydrogen-bond donors (Lipinski definition) is 0. The smallest absolute Gasteiger partial charge is 0.0437 e. The molecule has 2 aromatic carbocycles. The van der Waals surface area contributed by atoms with Gasteiger partial charge in [0.15, 0.2) is 0 Å². The number of anilines is 1. The molecule has 24 heavy (non-hydrogen) atoms. The monoisotopic (exact) mass is 318 g/mol. The molecular formula is C22H26N2. The van der Waals surface area contributed by atoms with Gasteiger partial charge in [-0.2, -0.15) is 0 Å². The predicted octanol–water partition coefficient (Wildman–Crippen LogP) is 4.57. The fraction of sp³-hybridized carbons (Fsp3) is 0.364. The number of nitrogens with zero attached hydrogens (tertiary/aromatic N) is 2. The van der Waals surface area contributed by atoms with E-state index in [0.717, 1.165) is 6.54 Å². The average Bonchev–Trinajstić information content (AvgIpc) is 2.84. The summed E-state index contributed by atoms with van der Waals surface area (Å²) >= 11 is 0. The minimum atomic E-state index is 0.592. The molecule has 1 saturated heterocycles. The maximum absolute atomic E-state index is 2.71. The van der Waals surface area contributed by atoms with E-state index in [1.54, 1.807) is 0 Å². The van der Waals surface area contributed by atoms with Crippen LogP contribution in [0, 0.1) is 0 Å². The van der Waals surface area contributed by atoms with E-state index in [1.807, 2.05) is 0 Å². The molecule has 2 heteroatoms. The fourth-order valence-corrected chi connectivity index (χ4v) is 4.29. The number of benzene rings is 2. The zero-order valence-electron chi connectivity index (χ0n) is 14.7. The van der Waals surface area contributed by atoms with E-state index >= 15 is 0 Å². The Labute approximate surface area is 145 Å². The third-order valence-electron chi connectivity index (χ3n) is 5.48. The van der Waals surface area contributed by atoms with Crippen LogP contribution in [0.15, 0.2) is 60.7 Å². The molecule has 2 atom stereocenters. The van der Waals surface area contributed by atoms with Crippen molar-refractivity contribution in [2.45, 2.75) is 37.9 Å². The van der Waals surface area contributed by atoms with E-state index in [4.69, 9.17) is 0 Å². The second-order valence-corrected chi connectivity index (χ2v) is 7.26. The van der Waals surface area contributed by atoms with Crippen LogP contribution in [0.2, 0.25) is 0 Å². The van der Waals surface area contributed by atoms with Crippen LogP contribution in [0.25, 0.3) is 5.57 Å². The topological polar surface area (TPSA) is 6.48 Å². The minimum absolute atomic E-state index is 0.592. The van der Waals surface area contributed by atoms with Gasteiger partial charge in [0.1, 0.15) is 0 Å². The molecule has 2 heterocycles. The summed E-state index contributed by atoms with van der Waals surface area (Å²) in [6.45, 7) is 1.08. The zero-order valence-corrected chi connectivity index (χ0v) is 14.7. The van der Waals surface area contributed by atoms with Crippen LogP contribution in [0.4, 0.5) is 5.69 Å². The normalized spacial score (nSPS) is 23.2. The van der Waals surface area contributed by atoms with Gasteiger partial charge in [-0.1, -0.05) is 54.6 Å². The highest BCUT2D eigenvalue weighted by molar-refractivity contribution is 5.78. The summed E-state index contributed by atoms with van der Waals surface area (Å²) in [5.41, 5.74) is 5.72. The highest BCUT2D eigenvalue weighted by atomic mass is 15.2. The molecule has 0 N–H and O–H groups in total. The molecule has 0 aliphatic carbocycles. The number of hydrogen-bond acceptors (Lipinski definition) is 2. The molecule has 0 aromatic heterocycles. The van der Waals surface area contributed by atoms with Gasteiger partial charge in [0, 0.05) is 44.0 Å². The first-order valence-corrected chi connectivity index (χ1v) is 8.99. The lowest BCUT2D eigenvalue weighted by atomic mass is 9.93. The quantitative estimate of drug-likeness (QED) is 0.814. The van der Waals surface area contributed by atoms with Crippen LogP contribution < -0.4 is 4.90 Å². The number of rotatable bonds is 4. The van der Waals surface area contributed by atoms with Gasteiger partial charge in [0.25, 0.3) is 0 Å². The Morgan fingerprint density at radius 3 is 2.46 bits per heavy atom. The SMILES string of the molecule is CN(C)c1ccccc1C1=CC2CCC(C1)N2Cc1ccccc1. The Morgan fingerprint density at radius 2 is 1.71 bits per heavy atom. The van der Waals surface area contributed by atoms with Crippen LogP contribution in [0.3, 0.4) is 0 Å². The zero-order chi connectivity index (χ0) is 16.5. The first-order valence-electron chi connectivity index (χ1n) is 8.99. The van der Waals surface area contributed by atoms with Crippen molar-refractivity contribution >= 4 is 11.3 Å². The fourth-order valence-electron chi connectivity index (χ4n) is 4.29. The Morgan fingerprint density at radius 1 is 0.958 bits per heavy atom. The molecule has 0 saturated carbocycles. The van der Waals surface area contributed by atoms with Crippen molar-refractivity contribution in [3.63, 3.8) is 0 Å². The molecule has 4 rings (SSSR count). The predicted molar refractivity (Wildman–Crippen MR) is 102 cm³/mol. The van der Waals surface area contributed by atoms with Crippen molar-refractivity contribution in [1.82, 2.24) is 4.90 Å². The van der Waals surface area contributed by atoms with E-state index in [-0.39, 0.29) is 0 Å². The van der Waals surface area contributed by atoms with E-state index < -0.39 is 0 Å². The van der Waals surface area contributed by atoms with Crippen molar-refractivity contribution in [3.05, 3.63) is 71.8 Å². The van der Waals surface area contributed by atoms with Crippen LogP contribution in [-0.4, -0.2) is 31.1 Å². The van der Waals surface area contributed by atoms with Gasteiger partial charge in [-0.3, -0.25) is 4.90 Å². The van der Waals surface area contributed by atoms with Gasteiger partial charge in [0.05, 0.1) is 0 Å². The summed E-state index contributed by atoms with van der Waals surface area (Å²) in [5, 5.41) is 0. The van der Waals surface area contributed by atoms with E-state index in [1.165, 1.54) is 41.6 Å². The van der Waals surface area contributed by atoms with Crippen LogP contribution in [0.1, 0.15) is 30.4 Å². The Kier molecular flexibility index (Phi) is 4.15. The van der Waals surface area contributed by atoms with Gasteiger partial charge in [0.2, 0.25) is 0 Å². The first kappa shape index (κ1) is 15.5. The third-order valence-corrected chi connectivity index (χ3v) is 5.48. The Balaban J connectivity index is 1.61. The van der Waals surface area contributed by atoms with Gasteiger partial charge in [-0.15, -0.1) is 0 Å². The standard InChI is InChI=1S/C22H26N2/c1-23(2)22-11-7-6-10-21(22)18-14-19-12-13-20(15-18)24(19)16-17-8-4-3-5-9-17/h3-11,14,19-20H,12-13,15-16H2,1-2H3. The van der Waals surface area contributed by atoms with Crippen molar-refractivity contribution in [2.75, 3.05) is 19.0 Å². The Bertz CT molecular complexity index is 733. The first-order chi connectivity index (χ1) is 11.7. The summed E-state index contributed by atoms with van der Waals surface area (Å²) in [5.74, 6) is 0. The van der Waals surface area contributed by atoms with Gasteiger partial charge in [-0.05, 0) is 36.5 Å². The molecule has 2 bridgehead atoms. The molecule has 2 aliphatic rings. The summed E-state index contributed by atoms with van der Waals surface area (Å²) < 4.78 is 0. The van der Waals surface area contributed by atoms with Crippen LogP contribution in [-0.2, 0) is 6.54 Å².